The molecule has 4 heterocycles. The van der Waals surface area contributed by atoms with E-state index in [2.05, 4.69) is 15.0 Å². The van der Waals surface area contributed by atoms with Gasteiger partial charge in [-0.1, -0.05) is 11.6 Å². The lowest BCUT2D eigenvalue weighted by Crippen LogP contribution is -2.30. The second kappa shape index (κ2) is 4.82. The zero-order chi connectivity index (χ0) is 15.5. The van der Waals surface area contributed by atoms with Crippen LogP contribution in [0.4, 0.5) is 4.39 Å². The minimum Gasteiger partial charge on any atom is -0.346 e. The Morgan fingerprint density at radius 2 is 2.05 bits per heavy atom. The summed E-state index contributed by atoms with van der Waals surface area (Å²) >= 11 is 6.01. The Balaban J connectivity index is 1.77. The lowest BCUT2D eigenvalue weighted by molar-refractivity contribution is -0.197. The number of ether oxygens (including phenoxy) is 3. The van der Waals surface area contributed by atoms with Crippen molar-refractivity contribution in [2.24, 2.45) is 0 Å². The van der Waals surface area contributed by atoms with Crippen molar-refractivity contribution in [2.45, 2.75) is 44.2 Å². The molecule has 7 nitrogen and oxygen atoms in total. The van der Waals surface area contributed by atoms with Crippen molar-refractivity contribution < 1.29 is 18.6 Å². The summed E-state index contributed by atoms with van der Waals surface area (Å²) in [5.74, 6) is -0.784. The SMILES string of the molecule is CC1(C)OC2C(O1)[C@@H](CF)OC2n1cnc2c(Cl)ncnc21. The van der Waals surface area contributed by atoms with E-state index in [4.69, 9.17) is 25.8 Å². The zero-order valence-corrected chi connectivity index (χ0v) is 12.7. The summed E-state index contributed by atoms with van der Waals surface area (Å²) in [7, 11) is 0. The summed E-state index contributed by atoms with van der Waals surface area (Å²) < 4.78 is 32.3. The maximum atomic E-state index is 13.2. The van der Waals surface area contributed by atoms with Gasteiger partial charge in [0, 0.05) is 0 Å². The summed E-state index contributed by atoms with van der Waals surface area (Å²) in [6.45, 7) is 2.94. The summed E-state index contributed by atoms with van der Waals surface area (Å²) in [4.78, 5) is 12.3. The average molecular weight is 329 g/mol. The maximum absolute atomic E-state index is 13.2. The number of rotatable bonds is 2. The highest BCUT2D eigenvalue weighted by Crippen LogP contribution is 2.43. The van der Waals surface area contributed by atoms with E-state index in [1.807, 2.05) is 0 Å². The molecule has 2 fully saturated rings. The summed E-state index contributed by atoms with van der Waals surface area (Å²) in [6, 6.07) is 0. The Bertz CT molecular complexity index is 724. The van der Waals surface area contributed by atoms with Gasteiger partial charge in [-0.15, -0.1) is 0 Å². The highest BCUT2D eigenvalue weighted by molar-refractivity contribution is 6.33. The van der Waals surface area contributed by atoms with Crippen molar-refractivity contribution in [3.8, 4) is 0 Å². The van der Waals surface area contributed by atoms with Gasteiger partial charge in [-0.3, -0.25) is 4.57 Å². The van der Waals surface area contributed by atoms with E-state index in [1.54, 1.807) is 24.7 Å². The fourth-order valence-electron chi connectivity index (χ4n) is 3.02. The third-order valence-corrected chi connectivity index (χ3v) is 4.14. The van der Waals surface area contributed by atoms with E-state index in [9.17, 15) is 4.39 Å². The van der Waals surface area contributed by atoms with Gasteiger partial charge in [-0.05, 0) is 13.8 Å². The minimum atomic E-state index is -0.784. The molecule has 2 saturated heterocycles. The van der Waals surface area contributed by atoms with Crippen molar-refractivity contribution in [1.29, 1.82) is 0 Å². The fourth-order valence-corrected chi connectivity index (χ4v) is 3.19. The molecule has 0 radical (unpaired) electrons. The second-order valence-corrected chi connectivity index (χ2v) is 6.13. The van der Waals surface area contributed by atoms with Crippen LogP contribution in [-0.2, 0) is 14.2 Å². The zero-order valence-electron chi connectivity index (χ0n) is 11.9. The Kier molecular flexibility index (Phi) is 3.12. The van der Waals surface area contributed by atoms with E-state index in [1.165, 1.54) is 6.33 Å². The molecule has 118 valence electrons. The molecule has 2 aliphatic heterocycles. The number of alkyl halides is 1. The van der Waals surface area contributed by atoms with Gasteiger partial charge in [0.2, 0.25) is 0 Å². The first kappa shape index (κ1) is 14.3. The molecule has 0 saturated carbocycles. The number of halogens is 2. The predicted molar refractivity (Wildman–Crippen MR) is 74.0 cm³/mol. The van der Waals surface area contributed by atoms with Crippen LogP contribution in [0.25, 0.3) is 11.2 Å². The lowest BCUT2D eigenvalue weighted by atomic mass is 10.1. The first-order valence-electron chi connectivity index (χ1n) is 6.90. The van der Waals surface area contributed by atoms with Crippen molar-refractivity contribution >= 4 is 22.8 Å². The van der Waals surface area contributed by atoms with Crippen LogP contribution in [0.5, 0.6) is 0 Å². The largest absolute Gasteiger partial charge is 0.346 e. The molecule has 0 spiro atoms. The van der Waals surface area contributed by atoms with Gasteiger partial charge in [-0.2, -0.15) is 0 Å². The third-order valence-electron chi connectivity index (χ3n) is 3.87. The molecule has 2 aliphatic rings. The van der Waals surface area contributed by atoms with E-state index in [0.29, 0.717) is 11.2 Å². The normalized spacial score (nSPS) is 33.5. The Hall–Kier alpha value is -1.35. The van der Waals surface area contributed by atoms with Gasteiger partial charge < -0.3 is 14.2 Å². The quantitative estimate of drug-likeness (QED) is 0.784. The van der Waals surface area contributed by atoms with Crippen LogP contribution in [0.3, 0.4) is 0 Å². The Morgan fingerprint density at radius 3 is 2.82 bits per heavy atom. The first-order chi connectivity index (χ1) is 10.5. The van der Waals surface area contributed by atoms with E-state index >= 15 is 0 Å². The maximum Gasteiger partial charge on any atom is 0.167 e. The number of hydrogen-bond donors (Lipinski definition) is 0. The van der Waals surface area contributed by atoms with Crippen LogP contribution in [0, 0.1) is 0 Å². The summed E-state index contributed by atoms with van der Waals surface area (Å²) in [5, 5.41) is 0.254. The minimum absolute atomic E-state index is 0.254. The van der Waals surface area contributed by atoms with Crippen LogP contribution in [0.2, 0.25) is 5.15 Å². The molecule has 4 rings (SSSR count). The molecule has 4 atom stereocenters. The standard InChI is InChI=1S/C13H14ClFN4O3/c1-13(2)21-8-6(3-15)20-12(9(8)22-13)19-5-18-7-10(14)16-4-17-11(7)19/h4-6,8-9,12H,3H2,1-2H3/t6-,8?,9?,12?/m1/s1. The lowest BCUT2D eigenvalue weighted by Gasteiger charge is -2.23. The molecule has 0 aromatic carbocycles. The molecule has 9 heteroatoms. The number of nitrogens with zero attached hydrogens (tertiary/aromatic N) is 4. The van der Waals surface area contributed by atoms with E-state index in [0.717, 1.165) is 0 Å². The summed E-state index contributed by atoms with van der Waals surface area (Å²) in [6.07, 6.45) is 0.705. The van der Waals surface area contributed by atoms with Crippen LogP contribution in [0.15, 0.2) is 12.7 Å². The van der Waals surface area contributed by atoms with E-state index < -0.39 is 37.0 Å². The van der Waals surface area contributed by atoms with Crippen LogP contribution in [0.1, 0.15) is 20.1 Å². The van der Waals surface area contributed by atoms with Crippen molar-refractivity contribution in [3.05, 3.63) is 17.8 Å². The third kappa shape index (κ3) is 2.02. The molecule has 3 unspecified atom stereocenters. The van der Waals surface area contributed by atoms with Gasteiger partial charge in [0.1, 0.15) is 36.8 Å². The van der Waals surface area contributed by atoms with Gasteiger partial charge in [-0.25, -0.2) is 19.3 Å². The predicted octanol–water partition coefficient (Wildman–Crippen LogP) is 1.87. The smallest absolute Gasteiger partial charge is 0.167 e. The van der Waals surface area contributed by atoms with Crippen molar-refractivity contribution in [2.75, 3.05) is 6.67 Å². The highest BCUT2D eigenvalue weighted by atomic mass is 35.5. The number of imidazole rings is 1. The highest BCUT2D eigenvalue weighted by Gasteiger charge is 2.56. The van der Waals surface area contributed by atoms with Gasteiger partial charge >= 0.3 is 0 Å². The number of fused-ring (bicyclic) bond motifs is 2. The number of aromatic nitrogens is 4. The molecule has 0 N–H and O–H groups in total. The fraction of sp³-hybridized carbons (Fsp3) is 0.615. The molecular weight excluding hydrogens is 315 g/mol. The molecule has 2 aromatic heterocycles. The van der Waals surface area contributed by atoms with Gasteiger partial charge in [0.15, 0.2) is 22.8 Å². The second-order valence-electron chi connectivity index (χ2n) is 5.77. The van der Waals surface area contributed by atoms with Gasteiger partial charge in [0.25, 0.3) is 0 Å². The Labute approximate surface area is 130 Å². The Morgan fingerprint density at radius 1 is 1.27 bits per heavy atom. The van der Waals surface area contributed by atoms with Crippen LogP contribution >= 0.6 is 11.6 Å². The van der Waals surface area contributed by atoms with Crippen molar-refractivity contribution in [3.63, 3.8) is 0 Å². The molecular formula is C13H14ClFN4O3. The van der Waals surface area contributed by atoms with E-state index in [-0.39, 0.29) is 5.15 Å². The molecule has 22 heavy (non-hydrogen) atoms. The summed E-state index contributed by atoms with van der Waals surface area (Å²) in [5.41, 5.74) is 0.975. The molecule has 0 amide bonds. The number of hydrogen-bond acceptors (Lipinski definition) is 6. The average Bonchev–Trinajstić information content (AvgIpc) is 3.10. The van der Waals surface area contributed by atoms with Crippen molar-refractivity contribution in [1.82, 2.24) is 19.5 Å². The topological polar surface area (TPSA) is 71.3 Å². The van der Waals surface area contributed by atoms with Crippen LogP contribution < -0.4 is 0 Å². The first-order valence-corrected chi connectivity index (χ1v) is 7.28. The monoisotopic (exact) mass is 328 g/mol. The molecule has 2 aromatic rings. The molecule has 0 bridgehead atoms. The molecule has 0 aliphatic carbocycles. The van der Waals surface area contributed by atoms with Gasteiger partial charge in [0.05, 0.1) is 6.33 Å². The van der Waals surface area contributed by atoms with Crippen LogP contribution in [-0.4, -0.2) is 50.3 Å².